The molecule has 0 saturated heterocycles. The highest BCUT2D eigenvalue weighted by molar-refractivity contribution is 6.35. The Bertz CT molecular complexity index is 1200. The molecule has 3 aromatic carbocycles. The van der Waals surface area contributed by atoms with Gasteiger partial charge in [-0.2, -0.15) is 0 Å². The maximum atomic E-state index is 12.8. The van der Waals surface area contributed by atoms with Crippen molar-refractivity contribution < 1.29 is 29.4 Å². The van der Waals surface area contributed by atoms with Crippen LogP contribution in [0.25, 0.3) is 0 Å². The van der Waals surface area contributed by atoms with E-state index in [1.54, 1.807) is 12.1 Å². The van der Waals surface area contributed by atoms with Gasteiger partial charge in [0.2, 0.25) is 0 Å². The molecule has 0 saturated carbocycles. The number of aromatic carboxylic acids is 1. The first-order valence-electron chi connectivity index (χ1n) is 8.57. The van der Waals surface area contributed by atoms with Crippen LogP contribution in [0.2, 0.25) is 0 Å². The number of carbonyl (C=O) groups is 4. The van der Waals surface area contributed by atoms with Crippen molar-refractivity contribution in [3.05, 3.63) is 94.5 Å². The van der Waals surface area contributed by atoms with Crippen LogP contribution in [0.5, 0.6) is 5.75 Å². The summed E-state index contributed by atoms with van der Waals surface area (Å²) >= 11 is 0. The monoisotopic (exact) mass is 387 g/mol. The van der Waals surface area contributed by atoms with Crippen LogP contribution in [0, 0.1) is 0 Å². The quantitative estimate of drug-likeness (QED) is 0.525. The Morgan fingerprint density at radius 1 is 0.724 bits per heavy atom. The molecule has 2 amide bonds. The van der Waals surface area contributed by atoms with Crippen molar-refractivity contribution in [2.75, 3.05) is 4.90 Å². The van der Waals surface area contributed by atoms with Gasteiger partial charge in [0.25, 0.3) is 11.8 Å². The Kier molecular flexibility index (Phi) is 4.20. The Morgan fingerprint density at radius 2 is 1.31 bits per heavy atom. The molecule has 0 aromatic heterocycles. The first-order valence-corrected chi connectivity index (χ1v) is 8.57. The number of phenols is 1. The molecule has 0 spiro atoms. The predicted molar refractivity (Wildman–Crippen MR) is 103 cm³/mol. The van der Waals surface area contributed by atoms with Crippen LogP contribution in [0.4, 0.5) is 5.69 Å². The lowest BCUT2D eigenvalue weighted by atomic mass is 9.98. The average Bonchev–Trinajstić information content (AvgIpc) is 2.98. The van der Waals surface area contributed by atoms with E-state index in [-0.39, 0.29) is 39.3 Å². The number of carbonyl (C=O) groups excluding carboxylic acids is 3. The van der Waals surface area contributed by atoms with Gasteiger partial charge < -0.3 is 10.2 Å². The number of ketones is 1. The minimum Gasteiger partial charge on any atom is -0.506 e. The summed E-state index contributed by atoms with van der Waals surface area (Å²) in [6, 6.07) is 15.6. The number of para-hydroxylation sites is 2. The number of hydrogen-bond acceptors (Lipinski definition) is 5. The van der Waals surface area contributed by atoms with E-state index in [0.717, 1.165) is 4.90 Å². The van der Waals surface area contributed by atoms with E-state index in [1.165, 1.54) is 54.6 Å². The molecule has 0 radical (unpaired) electrons. The fourth-order valence-electron chi connectivity index (χ4n) is 3.18. The van der Waals surface area contributed by atoms with Crippen LogP contribution in [-0.4, -0.2) is 33.8 Å². The summed E-state index contributed by atoms with van der Waals surface area (Å²) in [7, 11) is 0. The second kappa shape index (κ2) is 6.72. The van der Waals surface area contributed by atoms with E-state index in [9.17, 15) is 24.3 Å². The van der Waals surface area contributed by atoms with Gasteiger partial charge in [-0.1, -0.05) is 30.3 Å². The van der Waals surface area contributed by atoms with Crippen molar-refractivity contribution in [3.8, 4) is 5.75 Å². The Morgan fingerprint density at radius 3 is 1.97 bits per heavy atom. The number of amides is 2. The van der Waals surface area contributed by atoms with Crippen molar-refractivity contribution >= 4 is 29.3 Å². The number of aromatic hydroxyl groups is 1. The van der Waals surface area contributed by atoms with E-state index < -0.39 is 23.6 Å². The van der Waals surface area contributed by atoms with Gasteiger partial charge in [-0.05, 0) is 36.4 Å². The molecule has 0 bridgehead atoms. The molecule has 1 aliphatic heterocycles. The van der Waals surface area contributed by atoms with Crippen LogP contribution in [0.1, 0.15) is 47.0 Å². The third-order valence-corrected chi connectivity index (χ3v) is 4.67. The minimum atomic E-state index is -1.10. The third-order valence-electron chi connectivity index (χ3n) is 4.67. The number of nitrogens with zero attached hydrogens (tertiary/aromatic N) is 1. The van der Waals surface area contributed by atoms with E-state index in [2.05, 4.69) is 0 Å². The SMILES string of the molecule is O=C(O)c1ccc(C(=O)c2ccc3c(c2)C(=O)N(c2ccccc2O)C3=O)cc1. The molecule has 142 valence electrons. The summed E-state index contributed by atoms with van der Waals surface area (Å²) in [6.07, 6.45) is 0. The second-order valence-corrected chi connectivity index (χ2v) is 6.41. The molecule has 0 atom stereocenters. The van der Waals surface area contributed by atoms with Crippen molar-refractivity contribution in [1.29, 1.82) is 0 Å². The third kappa shape index (κ3) is 2.94. The fourth-order valence-corrected chi connectivity index (χ4v) is 3.18. The minimum absolute atomic E-state index is 0.0505. The molecule has 29 heavy (non-hydrogen) atoms. The van der Waals surface area contributed by atoms with Crippen LogP contribution < -0.4 is 4.90 Å². The zero-order valence-electron chi connectivity index (χ0n) is 14.8. The summed E-state index contributed by atoms with van der Waals surface area (Å²) in [5.41, 5.74) is 0.754. The lowest BCUT2D eigenvalue weighted by molar-refractivity contribution is 0.0695. The summed E-state index contributed by atoms with van der Waals surface area (Å²) in [5, 5.41) is 18.9. The van der Waals surface area contributed by atoms with Gasteiger partial charge in [0, 0.05) is 11.1 Å². The molecule has 1 heterocycles. The Labute approximate surface area is 164 Å². The van der Waals surface area contributed by atoms with Gasteiger partial charge in [0.1, 0.15) is 5.75 Å². The van der Waals surface area contributed by atoms with Gasteiger partial charge in [0.05, 0.1) is 22.4 Å². The van der Waals surface area contributed by atoms with Crippen molar-refractivity contribution in [1.82, 2.24) is 0 Å². The fraction of sp³-hybridized carbons (Fsp3) is 0. The number of phenolic OH excluding ortho intramolecular Hbond substituents is 1. The second-order valence-electron chi connectivity index (χ2n) is 6.41. The van der Waals surface area contributed by atoms with Gasteiger partial charge in [-0.3, -0.25) is 14.4 Å². The van der Waals surface area contributed by atoms with E-state index in [4.69, 9.17) is 5.11 Å². The topological polar surface area (TPSA) is 112 Å². The lowest BCUT2D eigenvalue weighted by Crippen LogP contribution is -2.29. The Balaban J connectivity index is 1.70. The Hall–Kier alpha value is -4.26. The number of carboxylic acids is 1. The van der Waals surface area contributed by atoms with Crippen molar-refractivity contribution in [3.63, 3.8) is 0 Å². The summed E-state index contributed by atoms with van der Waals surface area (Å²) < 4.78 is 0. The van der Waals surface area contributed by atoms with Crippen molar-refractivity contribution in [2.45, 2.75) is 0 Å². The lowest BCUT2D eigenvalue weighted by Gasteiger charge is -2.14. The zero-order chi connectivity index (χ0) is 20.7. The van der Waals surface area contributed by atoms with E-state index >= 15 is 0 Å². The smallest absolute Gasteiger partial charge is 0.335 e. The van der Waals surface area contributed by atoms with E-state index in [1.807, 2.05) is 0 Å². The van der Waals surface area contributed by atoms with Crippen LogP contribution >= 0.6 is 0 Å². The molecule has 1 aliphatic rings. The zero-order valence-corrected chi connectivity index (χ0v) is 14.8. The normalized spacial score (nSPS) is 12.8. The number of hydrogen-bond donors (Lipinski definition) is 2. The van der Waals surface area contributed by atoms with Gasteiger partial charge >= 0.3 is 5.97 Å². The number of imide groups is 1. The first-order chi connectivity index (χ1) is 13.9. The number of carboxylic acid groups (broad SMARTS) is 1. The van der Waals surface area contributed by atoms with Crippen LogP contribution in [0.15, 0.2) is 66.7 Å². The molecule has 2 N–H and O–H groups in total. The van der Waals surface area contributed by atoms with Crippen LogP contribution in [-0.2, 0) is 0 Å². The highest BCUT2D eigenvalue weighted by Crippen LogP contribution is 2.34. The number of rotatable bonds is 4. The van der Waals surface area contributed by atoms with Gasteiger partial charge in [0.15, 0.2) is 5.78 Å². The largest absolute Gasteiger partial charge is 0.506 e. The number of anilines is 1. The van der Waals surface area contributed by atoms with Crippen LogP contribution in [0.3, 0.4) is 0 Å². The maximum Gasteiger partial charge on any atom is 0.335 e. The molecule has 4 rings (SSSR count). The highest BCUT2D eigenvalue weighted by Gasteiger charge is 2.38. The van der Waals surface area contributed by atoms with Crippen molar-refractivity contribution in [2.24, 2.45) is 0 Å². The maximum absolute atomic E-state index is 12.8. The molecule has 7 heteroatoms. The molecule has 0 aliphatic carbocycles. The summed E-state index contributed by atoms with van der Waals surface area (Å²) in [4.78, 5) is 50.0. The van der Waals surface area contributed by atoms with E-state index in [0.29, 0.717) is 0 Å². The molecule has 3 aromatic rings. The molecular formula is C22H13NO6. The highest BCUT2D eigenvalue weighted by atomic mass is 16.4. The molecule has 0 fully saturated rings. The summed E-state index contributed by atoms with van der Waals surface area (Å²) in [6.45, 7) is 0. The number of fused-ring (bicyclic) bond motifs is 1. The number of benzene rings is 3. The van der Waals surface area contributed by atoms with Gasteiger partial charge in [-0.15, -0.1) is 0 Å². The molecule has 7 nitrogen and oxygen atoms in total. The first kappa shape index (κ1) is 18.1. The average molecular weight is 387 g/mol. The molecular weight excluding hydrogens is 374 g/mol. The summed E-state index contributed by atoms with van der Waals surface area (Å²) in [5.74, 6) is -2.95. The standard InChI is InChI=1S/C22H13NO6/c24-18-4-2-1-3-17(18)23-20(26)15-10-9-14(11-16(15)21(23)27)19(25)12-5-7-13(8-6-12)22(28)29/h1-11,24H,(H,28,29). The predicted octanol–water partition coefficient (Wildman–Crippen LogP) is 3.12. The molecule has 0 unspecified atom stereocenters. The van der Waals surface area contributed by atoms with Gasteiger partial charge in [-0.25, -0.2) is 9.69 Å².